The van der Waals surface area contributed by atoms with Crippen LogP contribution < -0.4 is 10.2 Å². The Hall–Kier alpha value is -1.46. The Bertz CT molecular complexity index is 477. The number of benzene rings is 1. The van der Waals surface area contributed by atoms with Gasteiger partial charge >= 0.3 is 5.97 Å². The zero-order valence-electron chi connectivity index (χ0n) is 13.1. The quantitative estimate of drug-likeness (QED) is 0.373. The van der Waals surface area contributed by atoms with Crippen LogP contribution in [0.3, 0.4) is 0 Å². The third-order valence-electron chi connectivity index (χ3n) is 3.29. The van der Waals surface area contributed by atoms with Crippen molar-refractivity contribution in [2.45, 2.75) is 19.4 Å². The minimum Gasteiger partial charge on any atom is -0.464 e. The number of nitrogens with one attached hydrogen (secondary N) is 1. The van der Waals surface area contributed by atoms with Crippen LogP contribution in [0.4, 0.5) is 5.69 Å². The van der Waals surface area contributed by atoms with Crippen molar-refractivity contribution in [2.75, 3.05) is 36.4 Å². The van der Waals surface area contributed by atoms with Crippen LogP contribution in [0.5, 0.6) is 0 Å². The number of anilines is 1. The molecule has 0 aliphatic rings. The molecule has 0 heterocycles. The topological polar surface area (TPSA) is 58.6 Å². The lowest BCUT2D eigenvalue weighted by molar-refractivity contribution is -0.146. The summed E-state index contributed by atoms with van der Waals surface area (Å²) in [5, 5.41) is 2.49. The molecule has 7 heteroatoms. The van der Waals surface area contributed by atoms with Gasteiger partial charge in [0.2, 0.25) is 6.41 Å². The van der Waals surface area contributed by atoms with Gasteiger partial charge in [0.05, 0.1) is 6.61 Å². The molecular weight excluding hydrogens is 339 g/mol. The number of halogens is 2. The van der Waals surface area contributed by atoms with Gasteiger partial charge in [0.15, 0.2) is 0 Å². The van der Waals surface area contributed by atoms with E-state index in [1.54, 1.807) is 6.92 Å². The summed E-state index contributed by atoms with van der Waals surface area (Å²) >= 11 is 11.6. The molecule has 0 bridgehead atoms. The second-order valence-corrected chi connectivity index (χ2v) is 5.58. The first-order valence-electron chi connectivity index (χ1n) is 7.48. The van der Waals surface area contributed by atoms with E-state index in [1.807, 2.05) is 24.3 Å². The summed E-state index contributed by atoms with van der Waals surface area (Å²) in [4.78, 5) is 24.5. The fourth-order valence-corrected chi connectivity index (χ4v) is 2.60. The minimum absolute atomic E-state index is 0.278. The van der Waals surface area contributed by atoms with Crippen LogP contribution in [0.25, 0.3) is 0 Å². The number of carbonyl (C=O) groups excluding carboxylic acids is 2. The number of hydrogen-bond donors (Lipinski definition) is 1. The van der Waals surface area contributed by atoms with E-state index in [0.29, 0.717) is 37.7 Å². The van der Waals surface area contributed by atoms with Gasteiger partial charge in [-0.25, -0.2) is 4.79 Å². The monoisotopic (exact) mass is 360 g/mol. The molecule has 0 aliphatic heterocycles. The van der Waals surface area contributed by atoms with Gasteiger partial charge < -0.3 is 15.0 Å². The first kappa shape index (κ1) is 19.6. The summed E-state index contributed by atoms with van der Waals surface area (Å²) in [7, 11) is 0. The van der Waals surface area contributed by atoms with E-state index < -0.39 is 12.0 Å². The molecule has 1 N–H and O–H groups in total. The number of amides is 1. The average molecular weight is 361 g/mol. The Balaban J connectivity index is 2.77. The molecule has 0 fully saturated rings. The molecule has 128 valence electrons. The number of rotatable bonds is 11. The third-order valence-corrected chi connectivity index (χ3v) is 3.63. The Morgan fingerprint density at radius 1 is 1.26 bits per heavy atom. The molecule has 0 saturated carbocycles. The number of nitrogens with zero attached hydrogens (tertiary/aromatic N) is 1. The van der Waals surface area contributed by atoms with Crippen LogP contribution in [-0.4, -0.2) is 49.9 Å². The van der Waals surface area contributed by atoms with Gasteiger partial charge in [-0.15, -0.1) is 23.2 Å². The predicted octanol–water partition coefficient (Wildman–Crippen LogP) is 2.19. The van der Waals surface area contributed by atoms with Gasteiger partial charge in [0.25, 0.3) is 0 Å². The molecule has 0 radical (unpaired) electrons. The first-order chi connectivity index (χ1) is 11.2. The molecule has 5 nitrogen and oxygen atoms in total. The molecular formula is C16H22Cl2N2O3. The molecule has 1 amide bonds. The summed E-state index contributed by atoms with van der Waals surface area (Å²) < 4.78 is 4.96. The van der Waals surface area contributed by atoms with Crippen molar-refractivity contribution >= 4 is 41.3 Å². The van der Waals surface area contributed by atoms with Gasteiger partial charge in [0.1, 0.15) is 6.04 Å². The van der Waals surface area contributed by atoms with Crippen LogP contribution in [0.1, 0.15) is 12.5 Å². The molecule has 0 aromatic heterocycles. The van der Waals surface area contributed by atoms with E-state index in [9.17, 15) is 9.59 Å². The highest BCUT2D eigenvalue weighted by Crippen LogP contribution is 2.16. The maximum Gasteiger partial charge on any atom is 0.328 e. The molecule has 0 unspecified atom stereocenters. The molecule has 1 rings (SSSR count). The van der Waals surface area contributed by atoms with Gasteiger partial charge in [-0.1, -0.05) is 12.1 Å². The van der Waals surface area contributed by atoms with E-state index in [2.05, 4.69) is 10.2 Å². The van der Waals surface area contributed by atoms with E-state index >= 15 is 0 Å². The maximum absolute atomic E-state index is 11.8. The fourth-order valence-electron chi connectivity index (χ4n) is 2.19. The normalized spacial score (nSPS) is 11.6. The maximum atomic E-state index is 11.8. The van der Waals surface area contributed by atoms with E-state index in [1.165, 1.54) is 0 Å². The molecule has 1 aromatic carbocycles. The minimum atomic E-state index is -0.680. The second-order valence-electron chi connectivity index (χ2n) is 4.82. The summed E-state index contributed by atoms with van der Waals surface area (Å²) in [5.74, 6) is 0.606. The number of esters is 1. The van der Waals surface area contributed by atoms with Crippen LogP contribution in [0, 0.1) is 0 Å². The van der Waals surface area contributed by atoms with Gasteiger partial charge in [0, 0.05) is 37.0 Å². The Morgan fingerprint density at radius 3 is 2.35 bits per heavy atom. The van der Waals surface area contributed by atoms with Gasteiger partial charge in [-0.3, -0.25) is 4.79 Å². The molecule has 0 saturated heterocycles. The zero-order valence-corrected chi connectivity index (χ0v) is 14.6. The molecule has 0 aliphatic carbocycles. The van der Waals surface area contributed by atoms with Crippen molar-refractivity contribution in [2.24, 2.45) is 0 Å². The number of carbonyl (C=O) groups is 2. The lowest BCUT2D eigenvalue weighted by Gasteiger charge is -2.23. The van der Waals surface area contributed by atoms with Crippen LogP contribution in [0.15, 0.2) is 24.3 Å². The van der Waals surface area contributed by atoms with Crippen molar-refractivity contribution in [1.29, 1.82) is 0 Å². The molecule has 23 heavy (non-hydrogen) atoms. The smallest absolute Gasteiger partial charge is 0.328 e. The van der Waals surface area contributed by atoms with Crippen molar-refractivity contribution in [3.8, 4) is 0 Å². The summed E-state index contributed by atoms with van der Waals surface area (Å²) in [5.41, 5.74) is 1.95. The van der Waals surface area contributed by atoms with Crippen molar-refractivity contribution in [1.82, 2.24) is 5.32 Å². The lowest BCUT2D eigenvalue weighted by atomic mass is 10.1. The van der Waals surface area contributed by atoms with Crippen molar-refractivity contribution in [3.05, 3.63) is 29.8 Å². The molecule has 1 aromatic rings. The average Bonchev–Trinajstić information content (AvgIpc) is 2.55. The number of ether oxygens (including phenoxy) is 1. The first-order valence-corrected chi connectivity index (χ1v) is 8.55. The summed E-state index contributed by atoms with van der Waals surface area (Å²) in [6.07, 6.45) is 0.890. The van der Waals surface area contributed by atoms with E-state index in [-0.39, 0.29) is 6.61 Å². The zero-order chi connectivity index (χ0) is 17.1. The van der Waals surface area contributed by atoms with Crippen LogP contribution in [-0.2, 0) is 20.7 Å². The van der Waals surface area contributed by atoms with Gasteiger partial charge in [-0.2, -0.15) is 0 Å². The third kappa shape index (κ3) is 6.67. The molecule has 0 spiro atoms. The van der Waals surface area contributed by atoms with E-state index in [4.69, 9.17) is 27.9 Å². The summed E-state index contributed by atoms with van der Waals surface area (Å²) in [6.45, 7) is 3.44. The number of alkyl halides is 2. The standard InChI is InChI=1S/C16H22Cl2N2O3/c1-2-23-16(22)15(19-12-21)11-13-3-5-14(6-4-13)20(9-7-17)10-8-18/h3-6,12,15H,2,7-11H2,1H3,(H,19,21)/t15-/m1/s1. The molecule has 1 atom stereocenters. The summed E-state index contributed by atoms with van der Waals surface area (Å²) in [6, 6.07) is 7.07. The Labute approximate surface area is 146 Å². The number of hydrogen-bond acceptors (Lipinski definition) is 4. The predicted molar refractivity (Wildman–Crippen MR) is 93.4 cm³/mol. The Kier molecular flexibility index (Phi) is 9.48. The van der Waals surface area contributed by atoms with E-state index in [0.717, 1.165) is 11.3 Å². The van der Waals surface area contributed by atoms with Crippen LogP contribution in [0.2, 0.25) is 0 Å². The van der Waals surface area contributed by atoms with Gasteiger partial charge in [-0.05, 0) is 24.6 Å². The van der Waals surface area contributed by atoms with Crippen LogP contribution >= 0.6 is 23.2 Å². The lowest BCUT2D eigenvalue weighted by Crippen LogP contribution is -2.39. The fraction of sp³-hybridized carbons (Fsp3) is 0.500. The van der Waals surface area contributed by atoms with Crippen molar-refractivity contribution < 1.29 is 14.3 Å². The largest absolute Gasteiger partial charge is 0.464 e. The van der Waals surface area contributed by atoms with Crippen molar-refractivity contribution in [3.63, 3.8) is 0 Å². The highest BCUT2D eigenvalue weighted by molar-refractivity contribution is 6.18. The highest BCUT2D eigenvalue weighted by Gasteiger charge is 2.19. The Morgan fingerprint density at radius 2 is 1.87 bits per heavy atom. The second kappa shape index (κ2) is 11.1. The highest BCUT2D eigenvalue weighted by atomic mass is 35.5. The SMILES string of the molecule is CCOC(=O)[C@@H](Cc1ccc(N(CCCl)CCCl)cc1)NC=O.